The molecule has 4 aromatic carbocycles. The lowest BCUT2D eigenvalue weighted by Crippen LogP contribution is -2.43. The van der Waals surface area contributed by atoms with Crippen LogP contribution in [0.3, 0.4) is 0 Å². The van der Waals surface area contributed by atoms with Crippen LogP contribution >= 0.6 is 0 Å². The van der Waals surface area contributed by atoms with Gasteiger partial charge >= 0.3 is 5.97 Å². The van der Waals surface area contributed by atoms with Crippen molar-refractivity contribution in [3.8, 4) is 17.2 Å². The zero-order valence-electron chi connectivity index (χ0n) is 21.0. The number of esters is 1. The second-order valence-corrected chi connectivity index (χ2v) is 8.63. The lowest BCUT2D eigenvalue weighted by molar-refractivity contribution is -0.142. The minimum absolute atomic E-state index is 0.0430. The number of hydrogen-bond acceptors (Lipinski definition) is 6. The monoisotopic (exact) mass is 511 g/mol. The van der Waals surface area contributed by atoms with Gasteiger partial charge in [0.1, 0.15) is 25.0 Å². The highest BCUT2D eigenvalue weighted by atomic mass is 16.5. The van der Waals surface area contributed by atoms with Gasteiger partial charge in [-0.2, -0.15) is 0 Å². The van der Waals surface area contributed by atoms with Crippen molar-refractivity contribution < 1.29 is 28.9 Å². The maximum Gasteiger partial charge on any atom is 0.328 e. The van der Waals surface area contributed by atoms with E-state index in [4.69, 9.17) is 14.2 Å². The Morgan fingerprint density at radius 3 is 1.97 bits per heavy atom. The Kier molecular flexibility index (Phi) is 8.97. The molecule has 0 aromatic heterocycles. The van der Waals surface area contributed by atoms with Crippen molar-refractivity contribution in [2.75, 3.05) is 7.11 Å². The fraction of sp³-hybridized carbons (Fsp3) is 0.161. The van der Waals surface area contributed by atoms with Crippen LogP contribution < -0.4 is 14.8 Å². The normalized spacial score (nSPS) is 11.3. The molecular weight excluding hydrogens is 482 g/mol. The van der Waals surface area contributed by atoms with E-state index in [1.165, 1.54) is 19.2 Å². The van der Waals surface area contributed by atoms with Gasteiger partial charge in [0, 0.05) is 12.0 Å². The summed E-state index contributed by atoms with van der Waals surface area (Å²) in [5, 5.41) is 12.4. The second kappa shape index (κ2) is 13.0. The first-order valence-electron chi connectivity index (χ1n) is 12.2. The summed E-state index contributed by atoms with van der Waals surface area (Å²) in [6.07, 6.45) is 0.165. The molecule has 0 aliphatic heterocycles. The Morgan fingerprint density at radius 1 is 0.737 bits per heavy atom. The number of aromatic hydroxyl groups is 1. The zero-order chi connectivity index (χ0) is 26.7. The Bertz CT molecular complexity index is 1360. The number of ether oxygens (including phenoxy) is 3. The van der Waals surface area contributed by atoms with Gasteiger partial charge in [-0.15, -0.1) is 0 Å². The van der Waals surface area contributed by atoms with Crippen LogP contribution in [0.1, 0.15) is 27.0 Å². The molecule has 0 radical (unpaired) electrons. The number of hydrogen-bond donors (Lipinski definition) is 2. The Balaban J connectivity index is 1.54. The fourth-order valence-electron chi connectivity index (χ4n) is 3.84. The standard InChI is InChI=1S/C31H29NO6/c1-36-31(35)27(32-30(34)25-13-8-14-26(33)19-25)17-24-15-16-28(37-20-22-9-4-2-5-10-22)29(18-24)38-21-23-11-6-3-7-12-23/h2-16,18-19,27,33H,17,20-21H2,1H3,(H,32,34)/t27-/m0/s1. The van der Waals surface area contributed by atoms with E-state index >= 15 is 0 Å². The predicted molar refractivity (Wildman–Crippen MR) is 143 cm³/mol. The van der Waals surface area contributed by atoms with Gasteiger partial charge < -0.3 is 24.6 Å². The summed E-state index contributed by atoms with van der Waals surface area (Å²) >= 11 is 0. The highest BCUT2D eigenvalue weighted by Gasteiger charge is 2.23. The molecule has 194 valence electrons. The first-order chi connectivity index (χ1) is 18.5. The SMILES string of the molecule is COC(=O)[C@H](Cc1ccc(OCc2ccccc2)c(OCc2ccccc2)c1)NC(=O)c1cccc(O)c1. The van der Waals surface area contributed by atoms with Gasteiger partial charge in [0.15, 0.2) is 11.5 Å². The number of methoxy groups -OCH3 is 1. The van der Waals surface area contributed by atoms with Gasteiger partial charge in [0.05, 0.1) is 7.11 Å². The third-order valence-corrected chi connectivity index (χ3v) is 5.82. The maximum atomic E-state index is 12.7. The molecule has 0 fully saturated rings. The lowest BCUT2D eigenvalue weighted by Gasteiger charge is -2.19. The van der Waals surface area contributed by atoms with E-state index in [0.29, 0.717) is 24.7 Å². The topological polar surface area (TPSA) is 94.1 Å². The summed E-state index contributed by atoms with van der Waals surface area (Å²) in [5.74, 6) is -0.0509. The Hall–Kier alpha value is -4.78. The molecule has 0 aliphatic carbocycles. The van der Waals surface area contributed by atoms with E-state index in [0.717, 1.165) is 16.7 Å². The minimum Gasteiger partial charge on any atom is -0.508 e. The predicted octanol–water partition coefficient (Wildman–Crippen LogP) is 5.06. The van der Waals surface area contributed by atoms with Crippen LogP contribution in [0.2, 0.25) is 0 Å². The molecule has 7 heteroatoms. The molecule has 0 aliphatic rings. The average Bonchev–Trinajstić information content (AvgIpc) is 2.95. The summed E-state index contributed by atoms with van der Waals surface area (Å²) in [6.45, 7) is 0.702. The van der Waals surface area contributed by atoms with Crippen molar-refractivity contribution in [1.82, 2.24) is 5.32 Å². The number of nitrogens with one attached hydrogen (secondary N) is 1. The first-order valence-corrected chi connectivity index (χ1v) is 12.2. The van der Waals surface area contributed by atoms with E-state index in [-0.39, 0.29) is 17.7 Å². The van der Waals surface area contributed by atoms with Crippen molar-refractivity contribution in [2.45, 2.75) is 25.7 Å². The fourth-order valence-corrected chi connectivity index (χ4v) is 3.84. The zero-order valence-corrected chi connectivity index (χ0v) is 21.0. The highest BCUT2D eigenvalue weighted by molar-refractivity contribution is 5.97. The van der Waals surface area contributed by atoms with Crippen LogP contribution in [0.25, 0.3) is 0 Å². The third kappa shape index (κ3) is 7.36. The largest absolute Gasteiger partial charge is 0.508 e. The molecule has 0 spiro atoms. The smallest absolute Gasteiger partial charge is 0.328 e. The van der Waals surface area contributed by atoms with Crippen LogP contribution in [0.5, 0.6) is 17.2 Å². The van der Waals surface area contributed by atoms with Crippen molar-refractivity contribution in [2.24, 2.45) is 0 Å². The van der Waals surface area contributed by atoms with Crippen LogP contribution in [-0.4, -0.2) is 30.1 Å². The minimum atomic E-state index is -0.951. The molecule has 0 saturated heterocycles. The van der Waals surface area contributed by atoms with Crippen LogP contribution in [0.15, 0.2) is 103 Å². The number of phenols is 1. The van der Waals surface area contributed by atoms with Crippen molar-refractivity contribution in [1.29, 1.82) is 0 Å². The summed E-state index contributed by atoms with van der Waals surface area (Å²) in [5.41, 5.74) is 2.99. The molecule has 1 atom stereocenters. The van der Waals surface area contributed by atoms with Gasteiger partial charge in [-0.1, -0.05) is 72.8 Å². The summed E-state index contributed by atoms with van der Waals surface area (Å²) in [7, 11) is 1.27. The van der Waals surface area contributed by atoms with E-state index in [2.05, 4.69) is 5.32 Å². The molecule has 0 unspecified atom stereocenters. The average molecular weight is 512 g/mol. The van der Waals surface area contributed by atoms with Gasteiger partial charge in [-0.3, -0.25) is 4.79 Å². The number of carbonyl (C=O) groups excluding carboxylic acids is 2. The van der Waals surface area contributed by atoms with Crippen molar-refractivity contribution in [3.05, 3.63) is 125 Å². The van der Waals surface area contributed by atoms with Gasteiger partial charge in [-0.25, -0.2) is 4.79 Å². The Morgan fingerprint density at radius 2 is 1.37 bits per heavy atom. The third-order valence-electron chi connectivity index (χ3n) is 5.82. The molecule has 2 N–H and O–H groups in total. The van der Waals surface area contributed by atoms with Gasteiger partial charge in [0.25, 0.3) is 5.91 Å². The van der Waals surface area contributed by atoms with Crippen LogP contribution in [-0.2, 0) is 29.2 Å². The van der Waals surface area contributed by atoms with Gasteiger partial charge in [-0.05, 0) is 47.0 Å². The number of benzene rings is 4. The van der Waals surface area contributed by atoms with E-state index < -0.39 is 17.9 Å². The highest BCUT2D eigenvalue weighted by Crippen LogP contribution is 2.31. The molecule has 4 rings (SSSR count). The van der Waals surface area contributed by atoms with Crippen molar-refractivity contribution in [3.63, 3.8) is 0 Å². The summed E-state index contributed by atoms with van der Waals surface area (Å²) in [4.78, 5) is 25.3. The molecule has 0 saturated carbocycles. The second-order valence-electron chi connectivity index (χ2n) is 8.63. The molecule has 0 heterocycles. The number of amides is 1. The molecular formula is C31H29NO6. The molecule has 1 amide bonds. The van der Waals surface area contributed by atoms with E-state index in [1.54, 1.807) is 24.3 Å². The maximum absolute atomic E-state index is 12.7. The lowest BCUT2D eigenvalue weighted by atomic mass is 10.0. The number of carbonyl (C=O) groups is 2. The van der Waals surface area contributed by atoms with Crippen molar-refractivity contribution >= 4 is 11.9 Å². The molecule has 4 aromatic rings. The van der Waals surface area contributed by atoms with Crippen LogP contribution in [0, 0.1) is 0 Å². The summed E-state index contributed by atoms with van der Waals surface area (Å²) in [6, 6.07) is 30.0. The Labute approximate surface area is 221 Å². The summed E-state index contributed by atoms with van der Waals surface area (Å²) < 4.78 is 17.1. The molecule has 7 nitrogen and oxygen atoms in total. The van der Waals surface area contributed by atoms with Gasteiger partial charge in [0.2, 0.25) is 0 Å². The quantitative estimate of drug-likeness (QED) is 0.273. The van der Waals surface area contributed by atoms with E-state index in [9.17, 15) is 14.7 Å². The first kappa shape index (κ1) is 26.3. The number of rotatable bonds is 11. The molecule has 38 heavy (non-hydrogen) atoms. The number of phenolic OH excluding ortho intramolecular Hbond substituents is 1. The van der Waals surface area contributed by atoms with Crippen LogP contribution in [0.4, 0.5) is 0 Å². The molecule has 0 bridgehead atoms. The van der Waals surface area contributed by atoms with E-state index in [1.807, 2.05) is 66.7 Å².